The number of imide groups is 1. The van der Waals surface area contributed by atoms with E-state index < -0.39 is 29.7 Å². The summed E-state index contributed by atoms with van der Waals surface area (Å²) < 4.78 is 11.7. The van der Waals surface area contributed by atoms with Crippen LogP contribution in [0.15, 0.2) is 53.1 Å². The number of amides is 5. The van der Waals surface area contributed by atoms with Crippen molar-refractivity contribution in [1.82, 2.24) is 25.2 Å². The average molecular weight is 654 g/mol. The van der Waals surface area contributed by atoms with E-state index in [9.17, 15) is 24.0 Å². The molecule has 4 aliphatic rings. The maximum atomic E-state index is 14.5. The molecule has 48 heavy (non-hydrogen) atoms. The summed E-state index contributed by atoms with van der Waals surface area (Å²) in [6, 6.07) is 13.4. The molecule has 1 saturated heterocycles. The van der Waals surface area contributed by atoms with Crippen molar-refractivity contribution in [2.24, 2.45) is 11.8 Å². The van der Waals surface area contributed by atoms with Gasteiger partial charge in [0.1, 0.15) is 17.6 Å². The Morgan fingerprint density at radius 3 is 2.38 bits per heavy atom. The standard InChI is InChI=1S/C36H39N5O7/c1-21-18-28(38-48-21)36(46)39-16-15-23(19-39)47-30-13-7-8-22-14-17-40(33(43)25-10-4-3-9-24(25)32(42)37-2)29(31(22)30)20-41-34(44)26-11-5-6-12-27(26)35(41)45/h5-8,11-13,18,23-25,29H,3-4,9-10,14-17,19-20H2,1-2H3,(H,37,42)/t23-,24-,25+,29+/m0/s1. The van der Waals surface area contributed by atoms with Gasteiger partial charge in [-0.05, 0) is 49.9 Å². The number of aryl methyl sites for hydroxylation is 1. The largest absolute Gasteiger partial charge is 0.488 e. The zero-order valence-electron chi connectivity index (χ0n) is 27.1. The summed E-state index contributed by atoms with van der Waals surface area (Å²) in [6.45, 7) is 2.89. The van der Waals surface area contributed by atoms with E-state index in [4.69, 9.17) is 9.26 Å². The van der Waals surface area contributed by atoms with Crippen molar-refractivity contribution in [3.63, 3.8) is 0 Å². The van der Waals surface area contributed by atoms with E-state index in [1.165, 1.54) is 4.90 Å². The zero-order valence-corrected chi connectivity index (χ0v) is 27.1. The maximum absolute atomic E-state index is 14.5. The number of carbonyl (C=O) groups is 5. The van der Waals surface area contributed by atoms with E-state index in [-0.39, 0.29) is 36.1 Å². The second-order valence-electron chi connectivity index (χ2n) is 13.1. The summed E-state index contributed by atoms with van der Waals surface area (Å²) in [4.78, 5) is 72.4. The van der Waals surface area contributed by atoms with Crippen molar-refractivity contribution in [1.29, 1.82) is 0 Å². The van der Waals surface area contributed by atoms with Crippen molar-refractivity contribution < 1.29 is 33.2 Å². The van der Waals surface area contributed by atoms with Gasteiger partial charge < -0.3 is 24.4 Å². The van der Waals surface area contributed by atoms with Crippen LogP contribution in [0.1, 0.15) is 86.2 Å². The van der Waals surface area contributed by atoms with Gasteiger partial charge in [0, 0.05) is 50.0 Å². The molecule has 0 bridgehead atoms. The third kappa shape index (κ3) is 5.62. The second kappa shape index (κ2) is 12.9. The monoisotopic (exact) mass is 653 g/mol. The van der Waals surface area contributed by atoms with Gasteiger partial charge in [-0.2, -0.15) is 0 Å². The molecule has 5 amide bonds. The summed E-state index contributed by atoms with van der Waals surface area (Å²) in [7, 11) is 1.59. The molecule has 3 aromatic rings. The number of hydrogen-bond donors (Lipinski definition) is 1. The van der Waals surface area contributed by atoms with Gasteiger partial charge in [-0.15, -0.1) is 0 Å². The van der Waals surface area contributed by atoms with Crippen LogP contribution in [0.5, 0.6) is 5.75 Å². The Bertz CT molecular complexity index is 1750. The molecule has 0 spiro atoms. The molecule has 1 aromatic heterocycles. The van der Waals surface area contributed by atoms with Crippen molar-refractivity contribution in [2.75, 3.05) is 33.2 Å². The third-order valence-electron chi connectivity index (χ3n) is 10.2. The fourth-order valence-electron chi connectivity index (χ4n) is 7.83. The highest BCUT2D eigenvalue weighted by atomic mass is 16.5. The normalized spacial score (nSPS) is 23.6. The van der Waals surface area contributed by atoms with Crippen LogP contribution < -0.4 is 10.1 Å². The van der Waals surface area contributed by atoms with E-state index >= 15 is 0 Å². The Labute approximate surface area is 278 Å². The van der Waals surface area contributed by atoms with Gasteiger partial charge in [-0.1, -0.05) is 42.3 Å². The van der Waals surface area contributed by atoms with Gasteiger partial charge >= 0.3 is 0 Å². The molecular weight excluding hydrogens is 614 g/mol. The number of ether oxygens (including phenoxy) is 1. The third-order valence-corrected chi connectivity index (χ3v) is 10.2. The fourth-order valence-corrected chi connectivity index (χ4v) is 7.83. The summed E-state index contributed by atoms with van der Waals surface area (Å²) >= 11 is 0. The molecule has 4 atom stereocenters. The molecule has 7 rings (SSSR count). The molecule has 1 saturated carbocycles. The first-order valence-corrected chi connectivity index (χ1v) is 16.7. The number of carbonyl (C=O) groups excluding carboxylic acids is 5. The maximum Gasteiger partial charge on any atom is 0.276 e. The molecular formula is C36H39N5O7. The number of aromatic nitrogens is 1. The lowest BCUT2D eigenvalue weighted by atomic mass is 9.77. The average Bonchev–Trinajstić information content (AvgIpc) is 3.83. The first kappa shape index (κ1) is 31.6. The molecule has 0 radical (unpaired) electrons. The second-order valence-corrected chi connectivity index (χ2v) is 13.1. The molecule has 250 valence electrons. The lowest BCUT2D eigenvalue weighted by Crippen LogP contribution is -2.51. The Balaban J connectivity index is 1.21. The van der Waals surface area contributed by atoms with Crippen molar-refractivity contribution in [2.45, 2.75) is 57.6 Å². The Hall–Kier alpha value is -5.00. The number of likely N-dealkylation sites (tertiary alicyclic amines) is 1. The molecule has 12 nitrogen and oxygen atoms in total. The van der Waals surface area contributed by atoms with Crippen molar-refractivity contribution >= 4 is 29.5 Å². The molecule has 2 fully saturated rings. The number of hydrogen-bond acceptors (Lipinski definition) is 8. The molecule has 1 aliphatic carbocycles. The number of benzene rings is 2. The topological polar surface area (TPSA) is 142 Å². The van der Waals surface area contributed by atoms with Gasteiger partial charge in [0.2, 0.25) is 11.8 Å². The van der Waals surface area contributed by atoms with Crippen LogP contribution >= 0.6 is 0 Å². The van der Waals surface area contributed by atoms with Crippen molar-refractivity contribution in [3.05, 3.63) is 82.2 Å². The van der Waals surface area contributed by atoms with Gasteiger partial charge in [0.15, 0.2) is 5.69 Å². The quantitative estimate of drug-likeness (QED) is 0.382. The molecule has 4 heterocycles. The smallest absolute Gasteiger partial charge is 0.276 e. The zero-order chi connectivity index (χ0) is 33.5. The summed E-state index contributed by atoms with van der Waals surface area (Å²) in [5.74, 6) is -1.17. The van der Waals surface area contributed by atoms with Crippen LogP contribution in [-0.4, -0.2) is 88.7 Å². The Kier molecular flexibility index (Phi) is 8.49. The number of nitrogens with zero attached hydrogens (tertiary/aromatic N) is 4. The number of fused-ring (bicyclic) bond motifs is 2. The first-order chi connectivity index (χ1) is 23.2. The molecule has 12 heteroatoms. The minimum atomic E-state index is -0.691. The summed E-state index contributed by atoms with van der Waals surface area (Å²) in [5.41, 5.74) is 2.64. The Morgan fingerprint density at radius 1 is 0.958 bits per heavy atom. The van der Waals surface area contributed by atoms with Crippen LogP contribution in [0.2, 0.25) is 0 Å². The van der Waals surface area contributed by atoms with Gasteiger partial charge in [-0.3, -0.25) is 28.9 Å². The molecule has 1 N–H and O–H groups in total. The number of rotatable bonds is 7. The van der Waals surface area contributed by atoms with E-state index in [2.05, 4.69) is 10.5 Å². The predicted molar refractivity (Wildman–Crippen MR) is 172 cm³/mol. The lowest BCUT2D eigenvalue weighted by Gasteiger charge is -2.43. The van der Waals surface area contributed by atoms with E-state index in [0.29, 0.717) is 68.0 Å². The highest BCUT2D eigenvalue weighted by Gasteiger charge is 2.45. The minimum absolute atomic E-state index is 0.0520. The van der Waals surface area contributed by atoms with Gasteiger partial charge in [0.25, 0.3) is 17.7 Å². The van der Waals surface area contributed by atoms with E-state index in [0.717, 1.165) is 24.0 Å². The summed E-state index contributed by atoms with van der Waals surface area (Å²) in [5, 5.41) is 6.61. The lowest BCUT2D eigenvalue weighted by molar-refractivity contribution is -0.146. The van der Waals surface area contributed by atoms with E-state index in [1.54, 1.807) is 54.1 Å². The summed E-state index contributed by atoms with van der Waals surface area (Å²) in [6.07, 6.45) is 3.76. The number of nitrogens with one attached hydrogen (secondary N) is 1. The molecule has 0 unspecified atom stereocenters. The van der Waals surface area contributed by atoms with Crippen LogP contribution in [-0.2, 0) is 16.0 Å². The predicted octanol–water partition coefficient (Wildman–Crippen LogP) is 3.55. The van der Waals surface area contributed by atoms with Crippen molar-refractivity contribution in [3.8, 4) is 5.75 Å². The molecule has 3 aliphatic heterocycles. The Morgan fingerprint density at radius 2 is 1.69 bits per heavy atom. The van der Waals surface area contributed by atoms with Crippen LogP contribution in [0.3, 0.4) is 0 Å². The minimum Gasteiger partial charge on any atom is -0.488 e. The SMILES string of the molecule is CNC(=O)[C@H]1CCCC[C@H]1C(=O)N1CCc2cccc(O[C@H]3CCN(C(=O)c4cc(C)on4)C3)c2[C@H]1CN1C(=O)c2ccccc2C1=O. The van der Waals surface area contributed by atoms with E-state index in [1.807, 2.05) is 18.2 Å². The highest BCUT2D eigenvalue weighted by Crippen LogP contribution is 2.42. The van der Waals surface area contributed by atoms with Gasteiger partial charge in [-0.25, -0.2) is 0 Å². The van der Waals surface area contributed by atoms with Crippen LogP contribution in [0, 0.1) is 18.8 Å². The van der Waals surface area contributed by atoms with Crippen LogP contribution in [0.25, 0.3) is 0 Å². The highest BCUT2D eigenvalue weighted by molar-refractivity contribution is 6.21. The first-order valence-electron chi connectivity index (χ1n) is 16.7. The molecule has 2 aromatic carbocycles. The fraction of sp³-hybridized carbons (Fsp3) is 0.444. The van der Waals surface area contributed by atoms with Gasteiger partial charge in [0.05, 0.1) is 30.3 Å². The van der Waals surface area contributed by atoms with Crippen LogP contribution in [0.4, 0.5) is 0 Å².